The average molecular weight is 1050 g/mol. The zero-order valence-electron chi connectivity index (χ0n) is 44.3. The number of nitrogens with two attached hydrogens (primary N) is 1. The molecule has 10 atom stereocenters. The van der Waals surface area contributed by atoms with E-state index in [1.54, 1.807) is 37.7 Å². The van der Waals surface area contributed by atoms with E-state index in [0.717, 1.165) is 99.3 Å². The molecule has 7 rings (SSSR count). The number of nitrogens with zero attached hydrogens (tertiary/aromatic N) is 2. The molecule has 0 aromatic heterocycles. The van der Waals surface area contributed by atoms with E-state index < -0.39 is 48.5 Å². The van der Waals surface area contributed by atoms with Gasteiger partial charge in [-0.3, -0.25) is 28.8 Å². The molecule has 0 aliphatic carbocycles. The highest BCUT2D eigenvalue weighted by Crippen LogP contribution is 2.34. The first-order valence-electron chi connectivity index (χ1n) is 27.5. The lowest BCUT2D eigenvalue weighted by molar-refractivity contribution is -0.144. The largest absolute Gasteiger partial charge is 0.363 e. The van der Waals surface area contributed by atoms with E-state index in [4.69, 9.17) is 18.0 Å². The van der Waals surface area contributed by atoms with Gasteiger partial charge in [0.2, 0.25) is 35.4 Å². The minimum absolute atomic E-state index is 0.0281. The van der Waals surface area contributed by atoms with Crippen molar-refractivity contribution >= 4 is 52.8 Å². The average Bonchev–Trinajstić information content (AvgIpc) is 4.05. The molecular formula is C57H81N11O6S. The molecule has 75 heavy (non-hydrogen) atoms. The van der Waals surface area contributed by atoms with Crippen LogP contribution in [0.15, 0.2) is 78.9 Å². The van der Waals surface area contributed by atoms with Gasteiger partial charge in [0.05, 0.1) is 18.1 Å². The molecule has 0 spiro atoms. The zero-order valence-corrected chi connectivity index (χ0v) is 45.2. The quantitative estimate of drug-likeness (QED) is 0.0418. The normalized spacial score (nSPS) is 23.4. The van der Waals surface area contributed by atoms with Crippen LogP contribution >= 0.6 is 12.2 Å². The summed E-state index contributed by atoms with van der Waals surface area (Å²) < 4.78 is 0. The number of carbonyl (C=O) groups is 6. The molecule has 4 heterocycles. The van der Waals surface area contributed by atoms with Crippen molar-refractivity contribution in [2.75, 3.05) is 27.2 Å². The molecule has 4 fully saturated rings. The summed E-state index contributed by atoms with van der Waals surface area (Å²) >= 11 is 5.59. The highest BCUT2D eigenvalue weighted by molar-refractivity contribution is 7.80. The molecule has 4 saturated heterocycles. The van der Waals surface area contributed by atoms with E-state index in [1.165, 1.54) is 5.56 Å². The number of amides is 6. The Balaban J connectivity index is 0.824. The first-order chi connectivity index (χ1) is 36.3. The third-order valence-corrected chi connectivity index (χ3v) is 16.1. The van der Waals surface area contributed by atoms with Crippen molar-refractivity contribution in [3.63, 3.8) is 0 Å². The van der Waals surface area contributed by atoms with Gasteiger partial charge in [0.25, 0.3) is 0 Å². The lowest BCUT2D eigenvalue weighted by Gasteiger charge is -2.36. The number of benzene rings is 3. The lowest BCUT2D eigenvalue weighted by atomic mass is 9.96. The zero-order chi connectivity index (χ0) is 53.4. The molecule has 0 saturated carbocycles. The summed E-state index contributed by atoms with van der Waals surface area (Å²) in [6.45, 7) is 4.92. The SMILES string of the molecule is CN[C@@H](C)C(=O)N[C@H]1CCCC[C@H]2CC[C@@H](C(=O)N[C@@H](N)c3ccc(CCCNC(=S)NCCCc4ccc([C@@H](NC(=O)[C@@H]5CC[C@@H]6CCCC[C@H](NC(=O)[C@@H](C)NC)C(=O)N65)c5ccccc5)cc4)cc3)N2C1=O. The van der Waals surface area contributed by atoms with E-state index >= 15 is 0 Å². The van der Waals surface area contributed by atoms with Gasteiger partial charge in [-0.2, -0.15) is 0 Å². The monoisotopic (exact) mass is 1050 g/mol. The van der Waals surface area contributed by atoms with Crippen LogP contribution < -0.4 is 48.3 Å². The van der Waals surface area contributed by atoms with Crippen LogP contribution in [0.4, 0.5) is 0 Å². The Bertz CT molecular complexity index is 2410. The highest BCUT2D eigenvalue weighted by Gasteiger charge is 2.46. The molecule has 4 aliphatic heterocycles. The van der Waals surface area contributed by atoms with Crippen molar-refractivity contribution < 1.29 is 28.8 Å². The maximum absolute atomic E-state index is 14.3. The van der Waals surface area contributed by atoms with Crippen LogP contribution in [0.1, 0.15) is 144 Å². The summed E-state index contributed by atoms with van der Waals surface area (Å²) in [6.07, 6.45) is 11.6. The minimum atomic E-state index is -0.737. The van der Waals surface area contributed by atoms with Crippen molar-refractivity contribution in [3.05, 3.63) is 107 Å². The number of hydrogen-bond donors (Lipinski definition) is 9. The number of thiocarbonyl (C=S) groups is 1. The summed E-state index contributed by atoms with van der Waals surface area (Å²) in [5, 5.41) is 25.3. The van der Waals surface area contributed by atoms with Crippen LogP contribution in [-0.2, 0) is 41.6 Å². The smallest absolute Gasteiger partial charge is 0.246 e. The van der Waals surface area contributed by atoms with Crippen LogP contribution in [0.25, 0.3) is 0 Å². The van der Waals surface area contributed by atoms with Crippen molar-refractivity contribution in [1.82, 2.24) is 52.3 Å². The fraction of sp³-hybridized carbons (Fsp3) is 0.561. The first kappa shape index (κ1) is 56.8. The van der Waals surface area contributed by atoms with Crippen LogP contribution in [0.5, 0.6) is 0 Å². The Hall–Kier alpha value is -5.95. The van der Waals surface area contributed by atoms with Gasteiger partial charge in [-0.25, -0.2) is 0 Å². The van der Waals surface area contributed by atoms with Crippen molar-refractivity contribution in [2.24, 2.45) is 5.73 Å². The van der Waals surface area contributed by atoms with E-state index in [9.17, 15) is 28.8 Å². The van der Waals surface area contributed by atoms with Gasteiger partial charge < -0.3 is 58.1 Å². The summed E-state index contributed by atoms with van der Waals surface area (Å²) in [6, 6.07) is 22.2. The van der Waals surface area contributed by atoms with Crippen molar-refractivity contribution in [2.45, 2.75) is 177 Å². The summed E-state index contributed by atoms with van der Waals surface area (Å²) in [5.41, 5.74) is 11.5. The second-order valence-electron chi connectivity index (χ2n) is 20.9. The van der Waals surface area contributed by atoms with Crippen LogP contribution in [-0.4, -0.2) is 126 Å². The van der Waals surface area contributed by atoms with Crippen LogP contribution in [0, 0.1) is 0 Å². The Morgan fingerprint density at radius 1 is 0.573 bits per heavy atom. The fourth-order valence-corrected chi connectivity index (χ4v) is 11.3. The number of likely N-dealkylation sites (N-methyl/N-ethyl adjacent to an activating group) is 2. The fourth-order valence-electron chi connectivity index (χ4n) is 11.1. The molecule has 3 aromatic rings. The van der Waals surface area contributed by atoms with Crippen LogP contribution in [0.2, 0.25) is 0 Å². The third-order valence-electron chi connectivity index (χ3n) is 15.8. The first-order valence-corrected chi connectivity index (χ1v) is 27.9. The number of fused-ring (bicyclic) bond motifs is 2. The predicted molar refractivity (Wildman–Crippen MR) is 295 cm³/mol. The Morgan fingerprint density at radius 2 is 1.00 bits per heavy atom. The van der Waals surface area contributed by atoms with Gasteiger partial charge in [-0.15, -0.1) is 0 Å². The maximum atomic E-state index is 14.3. The molecule has 17 nitrogen and oxygen atoms in total. The molecule has 18 heteroatoms. The van der Waals surface area contributed by atoms with E-state index in [0.29, 0.717) is 43.9 Å². The molecule has 0 unspecified atom stereocenters. The molecule has 10 N–H and O–H groups in total. The molecule has 4 aliphatic rings. The number of aryl methyl sites for hydroxylation is 2. The third kappa shape index (κ3) is 15.1. The lowest BCUT2D eigenvalue weighted by Crippen LogP contribution is -2.58. The number of carbonyl (C=O) groups excluding carboxylic acids is 6. The predicted octanol–water partition coefficient (Wildman–Crippen LogP) is 4.05. The molecular weight excluding hydrogens is 967 g/mol. The van der Waals surface area contributed by atoms with Gasteiger partial charge in [0, 0.05) is 25.2 Å². The van der Waals surface area contributed by atoms with Crippen molar-refractivity contribution in [1.29, 1.82) is 0 Å². The Morgan fingerprint density at radius 3 is 1.47 bits per heavy atom. The van der Waals surface area contributed by atoms with E-state index in [-0.39, 0.29) is 47.5 Å². The molecule has 6 amide bonds. The highest BCUT2D eigenvalue weighted by atomic mass is 32.1. The summed E-state index contributed by atoms with van der Waals surface area (Å²) in [7, 11) is 3.42. The van der Waals surface area contributed by atoms with E-state index in [2.05, 4.69) is 66.8 Å². The number of nitrogens with one attached hydrogen (secondary N) is 8. The van der Waals surface area contributed by atoms with Gasteiger partial charge >= 0.3 is 0 Å². The summed E-state index contributed by atoms with van der Waals surface area (Å²) in [5.74, 6) is -1.29. The Kier molecular flexibility index (Phi) is 21.0. The van der Waals surface area contributed by atoms with Crippen molar-refractivity contribution in [3.8, 4) is 0 Å². The second kappa shape index (κ2) is 27.7. The Labute approximate surface area is 448 Å². The molecule has 0 bridgehead atoms. The number of rotatable bonds is 21. The van der Waals surface area contributed by atoms with Gasteiger partial charge in [-0.1, -0.05) is 105 Å². The molecule has 406 valence electrons. The van der Waals surface area contributed by atoms with Gasteiger partial charge in [0.15, 0.2) is 5.11 Å². The topological polar surface area (TPSA) is 231 Å². The van der Waals surface area contributed by atoms with Gasteiger partial charge in [-0.05, 0) is 145 Å². The maximum Gasteiger partial charge on any atom is 0.246 e. The molecule has 3 aromatic carbocycles. The summed E-state index contributed by atoms with van der Waals surface area (Å²) in [4.78, 5) is 84.8. The number of hydrogen-bond acceptors (Lipinski definition) is 10. The van der Waals surface area contributed by atoms with E-state index in [1.807, 2.05) is 54.6 Å². The molecule has 0 radical (unpaired) electrons. The minimum Gasteiger partial charge on any atom is -0.363 e. The second-order valence-corrected chi connectivity index (χ2v) is 21.3. The van der Waals surface area contributed by atoms with Gasteiger partial charge in [0.1, 0.15) is 30.3 Å². The standard InChI is InChI=1S/C57H81N11O6S/c1-36(59-3)51(69)63-45-20-10-8-18-43-30-32-47(67(43)55(45)73)53(71)65-49(40-16-6-5-7-17-40)41-26-22-38(23-27-41)14-12-34-61-57(75)62-35-13-15-39-24-28-42(29-25-39)50(58)66-54(72)48-33-31-44-19-9-11-21-46(56(74)68(44)48)64-52(70)37(2)60-4/h5-7,16-17,22-29,36-37,43-50,59-60H,8-15,18-21,30-35,58H2,1-4H3,(H,63,69)(H,64,70)(H,65,71)(H,66,72)(H2,61,62,75)/t36-,37+,43+,44+,45+,46+,47+,48+,49+,50-/m1/s1. The van der Waals surface area contributed by atoms with Crippen LogP contribution in [0.3, 0.4) is 0 Å².